The number of pyridine rings is 1. The number of carbonyl (C=O) groups is 1. The maximum atomic E-state index is 12.5. The quantitative estimate of drug-likeness (QED) is 0.625. The molecule has 1 amide bonds. The summed E-state index contributed by atoms with van der Waals surface area (Å²) in [7, 11) is 0. The van der Waals surface area contributed by atoms with Gasteiger partial charge < -0.3 is 15.8 Å². The number of hydrogen-bond acceptors (Lipinski definition) is 4. The molecule has 31 heavy (non-hydrogen) atoms. The first-order valence-electron chi connectivity index (χ1n) is 11.1. The van der Waals surface area contributed by atoms with Gasteiger partial charge in [0.15, 0.2) is 0 Å². The summed E-state index contributed by atoms with van der Waals surface area (Å²) >= 11 is 0. The molecule has 2 heterocycles. The topological polar surface area (TPSA) is 77.2 Å². The molecule has 4 rings (SSSR count). The minimum atomic E-state index is 0.0551. The fourth-order valence-electron chi connectivity index (χ4n) is 4.57. The van der Waals surface area contributed by atoms with E-state index in [2.05, 4.69) is 67.5 Å². The van der Waals surface area contributed by atoms with Crippen LogP contribution in [0.3, 0.4) is 0 Å². The molecule has 5 nitrogen and oxygen atoms in total. The van der Waals surface area contributed by atoms with Gasteiger partial charge in [0, 0.05) is 17.8 Å². The van der Waals surface area contributed by atoms with Crippen LogP contribution in [0.1, 0.15) is 44.2 Å². The van der Waals surface area contributed by atoms with Crippen LogP contribution in [-0.2, 0) is 16.0 Å². The molecule has 1 aliphatic heterocycles. The molecule has 5 heteroatoms. The Morgan fingerprint density at radius 2 is 1.87 bits per heavy atom. The number of nitrogens with one attached hydrogen (secondary N) is 1. The molecule has 1 aromatic heterocycles. The molecule has 1 aliphatic rings. The van der Waals surface area contributed by atoms with Crippen molar-refractivity contribution in [3.63, 3.8) is 0 Å². The van der Waals surface area contributed by atoms with E-state index < -0.39 is 0 Å². The molecule has 1 fully saturated rings. The molecule has 0 saturated carbocycles. The van der Waals surface area contributed by atoms with Crippen LogP contribution < -0.4 is 11.1 Å². The molecule has 1 saturated heterocycles. The number of amides is 1. The number of aromatic nitrogens is 1. The normalized spacial score (nSPS) is 21.2. The van der Waals surface area contributed by atoms with Gasteiger partial charge in [0.05, 0.1) is 17.7 Å². The van der Waals surface area contributed by atoms with Crippen molar-refractivity contribution in [2.75, 3.05) is 5.73 Å². The molecule has 3 aromatic rings. The van der Waals surface area contributed by atoms with Gasteiger partial charge in [0.2, 0.25) is 5.91 Å². The summed E-state index contributed by atoms with van der Waals surface area (Å²) < 4.78 is 5.76. The molecule has 2 aromatic carbocycles. The van der Waals surface area contributed by atoms with Crippen LogP contribution >= 0.6 is 0 Å². The van der Waals surface area contributed by atoms with Crippen LogP contribution in [0.4, 0.5) is 5.82 Å². The van der Waals surface area contributed by atoms with E-state index in [4.69, 9.17) is 10.5 Å². The molecule has 0 bridgehead atoms. The van der Waals surface area contributed by atoms with Gasteiger partial charge in [0.1, 0.15) is 5.82 Å². The average Bonchev–Trinajstić information content (AvgIpc) is 2.71. The van der Waals surface area contributed by atoms with Crippen molar-refractivity contribution in [3.05, 3.63) is 59.7 Å². The van der Waals surface area contributed by atoms with Gasteiger partial charge in [-0.15, -0.1) is 0 Å². The minimum Gasteiger partial charge on any atom is -0.383 e. The first-order chi connectivity index (χ1) is 14.9. The molecule has 0 aliphatic carbocycles. The highest BCUT2D eigenvalue weighted by molar-refractivity contribution is 5.87. The Balaban J connectivity index is 1.48. The maximum absolute atomic E-state index is 12.5. The highest BCUT2D eigenvalue weighted by Gasteiger charge is 2.25. The monoisotopic (exact) mass is 417 g/mol. The zero-order valence-electron chi connectivity index (χ0n) is 18.5. The van der Waals surface area contributed by atoms with Gasteiger partial charge in [-0.2, -0.15) is 0 Å². The molecule has 0 radical (unpaired) electrons. The molecular formula is C26H31N3O2. The number of benzene rings is 2. The van der Waals surface area contributed by atoms with Crippen molar-refractivity contribution in [2.24, 2.45) is 0 Å². The lowest BCUT2D eigenvalue weighted by Crippen LogP contribution is -2.43. The number of carbonyl (C=O) groups excluding carboxylic acids is 1. The highest BCUT2D eigenvalue weighted by atomic mass is 16.5. The van der Waals surface area contributed by atoms with Gasteiger partial charge in [-0.1, -0.05) is 30.3 Å². The van der Waals surface area contributed by atoms with Crippen LogP contribution in [0.5, 0.6) is 0 Å². The van der Waals surface area contributed by atoms with Crippen LogP contribution in [0.15, 0.2) is 48.5 Å². The maximum Gasteiger partial charge on any atom is 0.220 e. The fourth-order valence-corrected chi connectivity index (χ4v) is 4.57. The molecule has 0 spiro atoms. The third-order valence-corrected chi connectivity index (χ3v) is 6.07. The molecule has 2 atom stereocenters. The number of nitrogens with zero attached hydrogens (tertiary/aromatic N) is 1. The second-order valence-electron chi connectivity index (χ2n) is 8.75. The number of fused-ring (bicyclic) bond motifs is 1. The summed E-state index contributed by atoms with van der Waals surface area (Å²) in [6, 6.07) is 16.8. The van der Waals surface area contributed by atoms with Crippen molar-refractivity contribution in [1.82, 2.24) is 10.3 Å². The van der Waals surface area contributed by atoms with Crippen molar-refractivity contribution >= 4 is 22.6 Å². The van der Waals surface area contributed by atoms with Gasteiger partial charge in [0.25, 0.3) is 0 Å². The van der Waals surface area contributed by atoms with Gasteiger partial charge in [-0.05, 0) is 80.5 Å². The standard InChI is InChI=1S/C26H31N3O2/c1-16-6-4-5-7-23(16)19-8-10-24-21(14-19)15-20(26(27)29-24)9-11-25(30)28-22-12-17(2)31-18(3)13-22/h4-8,10,14-15,17-18,22H,9,11-13H2,1-3H3,(H2,27,29)(H,28,30). The Hall–Kier alpha value is -2.92. The number of hydrogen-bond donors (Lipinski definition) is 2. The zero-order valence-corrected chi connectivity index (χ0v) is 18.5. The Morgan fingerprint density at radius 1 is 1.13 bits per heavy atom. The van der Waals surface area contributed by atoms with Crippen molar-refractivity contribution < 1.29 is 9.53 Å². The van der Waals surface area contributed by atoms with Crippen LogP contribution in [0.2, 0.25) is 0 Å². The van der Waals surface area contributed by atoms with Gasteiger partial charge in [-0.3, -0.25) is 4.79 Å². The van der Waals surface area contributed by atoms with Gasteiger partial charge in [-0.25, -0.2) is 4.98 Å². The third kappa shape index (κ3) is 5.05. The summed E-state index contributed by atoms with van der Waals surface area (Å²) in [5.41, 5.74) is 11.6. The number of nitrogens with two attached hydrogens (primary N) is 1. The largest absolute Gasteiger partial charge is 0.383 e. The average molecular weight is 418 g/mol. The highest BCUT2D eigenvalue weighted by Crippen LogP contribution is 2.28. The lowest BCUT2D eigenvalue weighted by Gasteiger charge is -2.32. The van der Waals surface area contributed by atoms with Crippen molar-refractivity contribution in [1.29, 1.82) is 0 Å². The summed E-state index contributed by atoms with van der Waals surface area (Å²) in [6.45, 7) is 6.23. The van der Waals surface area contributed by atoms with Crippen LogP contribution in [0.25, 0.3) is 22.0 Å². The van der Waals surface area contributed by atoms with E-state index in [9.17, 15) is 4.79 Å². The Bertz CT molecular complexity index is 1090. The van der Waals surface area contributed by atoms with E-state index in [1.165, 1.54) is 11.1 Å². The van der Waals surface area contributed by atoms with Crippen LogP contribution in [0, 0.1) is 6.92 Å². The smallest absolute Gasteiger partial charge is 0.220 e. The van der Waals surface area contributed by atoms with E-state index in [1.54, 1.807) is 0 Å². The van der Waals surface area contributed by atoms with E-state index in [0.717, 1.165) is 34.9 Å². The first kappa shape index (κ1) is 21.3. The Labute approximate surface area is 184 Å². The van der Waals surface area contributed by atoms with E-state index >= 15 is 0 Å². The predicted octanol–water partition coefficient (Wildman–Crippen LogP) is 4.80. The number of anilines is 1. The predicted molar refractivity (Wildman–Crippen MR) is 126 cm³/mol. The van der Waals surface area contributed by atoms with Crippen molar-refractivity contribution in [2.45, 2.75) is 64.7 Å². The molecule has 2 unspecified atom stereocenters. The summed E-state index contributed by atoms with van der Waals surface area (Å²) in [5.74, 6) is 0.553. The van der Waals surface area contributed by atoms with Crippen LogP contribution in [-0.4, -0.2) is 29.1 Å². The lowest BCUT2D eigenvalue weighted by atomic mass is 9.98. The molecule has 3 N–H and O–H groups in total. The van der Waals surface area contributed by atoms with E-state index in [0.29, 0.717) is 18.7 Å². The third-order valence-electron chi connectivity index (χ3n) is 6.07. The van der Waals surface area contributed by atoms with E-state index in [1.807, 2.05) is 12.1 Å². The number of ether oxygens (including phenoxy) is 1. The number of nitrogen functional groups attached to an aromatic ring is 1. The van der Waals surface area contributed by atoms with Crippen molar-refractivity contribution in [3.8, 4) is 11.1 Å². The summed E-state index contributed by atoms with van der Waals surface area (Å²) in [6.07, 6.45) is 3.04. The molecular weight excluding hydrogens is 386 g/mol. The number of aryl methyl sites for hydroxylation is 2. The molecule has 162 valence electrons. The Morgan fingerprint density at radius 3 is 2.61 bits per heavy atom. The van der Waals surface area contributed by atoms with Gasteiger partial charge >= 0.3 is 0 Å². The SMILES string of the molecule is Cc1ccccc1-c1ccc2nc(N)c(CCC(=O)NC3CC(C)OC(C)C3)cc2c1. The lowest BCUT2D eigenvalue weighted by molar-refractivity contribution is -0.123. The fraction of sp³-hybridized carbons (Fsp3) is 0.385. The summed E-state index contributed by atoms with van der Waals surface area (Å²) in [5, 5.41) is 4.20. The second kappa shape index (κ2) is 9.06. The second-order valence-corrected chi connectivity index (χ2v) is 8.75. The summed E-state index contributed by atoms with van der Waals surface area (Å²) in [4.78, 5) is 17.1. The Kier molecular flexibility index (Phi) is 6.23. The van der Waals surface area contributed by atoms with E-state index in [-0.39, 0.29) is 24.2 Å². The minimum absolute atomic E-state index is 0.0551. The number of rotatable bonds is 5. The zero-order chi connectivity index (χ0) is 22.0. The first-order valence-corrected chi connectivity index (χ1v) is 11.1.